The first-order valence-electron chi connectivity index (χ1n) is 11.1. The van der Waals surface area contributed by atoms with Crippen molar-refractivity contribution in [2.45, 2.75) is 49.5 Å². The number of aliphatic hydroxyl groups is 1. The van der Waals surface area contributed by atoms with Crippen molar-refractivity contribution in [2.24, 2.45) is 5.92 Å². The van der Waals surface area contributed by atoms with Crippen LogP contribution in [0.1, 0.15) is 48.1 Å². The molecule has 1 fully saturated rings. The van der Waals surface area contributed by atoms with Crippen LogP contribution in [-0.2, 0) is 18.3 Å². The Kier molecular flexibility index (Phi) is 5.04. The molecule has 3 heteroatoms. The molecule has 2 aliphatic carbocycles. The van der Waals surface area contributed by atoms with Crippen LogP contribution >= 0.6 is 0 Å². The highest BCUT2D eigenvalue weighted by Gasteiger charge is 2.51. The van der Waals surface area contributed by atoms with Gasteiger partial charge in [0.25, 0.3) is 0 Å². The molecule has 2 aromatic carbocycles. The first-order valence-corrected chi connectivity index (χ1v) is 11.1. The number of phenolic OH excluding ortho intramolecular Hbond substituents is 1. The van der Waals surface area contributed by atoms with E-state index in [1.807, 2.05) is 30.3 Å². The van der Waals surface area contributed by atoms with Gasteiger partial charge in [-0.1, -0.05) is 48.4 Å². The fraction of sp³-hybridized carbons (Fsp3) is 0.321. The largest absolute Gasteiger partial charge is 0.508 e. The van der Waals surface area contributed by atoms with Gasteiger partial charge in [0.15, 0.2) is 0 Å². The van der Waals surface area contributed by atoms with Gasteiger partial charge in [-0.05, 0) is 91.3 Å². The molecule has 3 atom stereocenters. The molecule has 3 aromatic rings. The zero-order valence-corrected chi connectivity index (χ0v) is 17.6. The second-order valence-corrected chi connectivity index (χ2v) is 9.10. The molecule has 5 rings (SSSR count). The Labute approximate surface area is 183 Å². The predicted octanol–water partition coefficient (Wildman–Crippen LogP) is 4.80. The minimum Gasteiger partial charge on any atom is -0.508 e. The zero-order chi connectivity index (χ0) is 21.3. The molecule has 1 aromatic heterocycles. The summed E-state index contributed by atoms with van der Waals surface area (Å²) in [4.78, 5) is 4.27. The van der Waals surface area contributed by atoms with Gasteiger partial charge in [-0.2, -0.15) is 0 Å². The first kappa shape index (κ1) is 19.8. The minimum absolute atomic E-state index is 0.0401. The van der Waals surface area contributed by atoms with E-state index in [4.69, 9.17) is 0 Å². The van der Waals surface area contributed by atoms with Crippen LogP contribution in [0.3, 0.4) is 0 Å². The van der Waals surface area contributed by atoms with E-state index < -0.39 is 5.60 Å². The van der Waals surface area contributed by atoms with Crippen molar-refractivity contribution < 1.29 is 10.2 Å². The minimum atomic E-state index is -0.989. The average molecular weight is 410 g/mol. The Bertz CT molecular complexity index is 1130. The Morgan fingerprint density at radius 3 is 2.65 bits per heavy atom. The van der Waals surface area contributed by atoms with Gasteiger partial charge in [0.05, 0.1) is 0 Å². The molecule has 0 aliphatic heterocycles. The molecule has 1 heterocycles. The maximum absolute atomic E-state index is 11.4. The first-order chi connectivity index (χ1) is 15.1. The summed E-state index contributed by atoms with van der Waals surface area (Å²) >= 11 is 0. The summed E-state index contributed by atoms with van der Waals surface area (Å²) in [5.74, 6) is 6.93. The molecule has 0 amide bonds. The van der Waals surface area contributed by atoms with E-state index in [0.29, 0.717) is 30.2 Å². The lowest BCUT2D eigenvalue weighted by Gasteiger charge is -2.52. The lowest BCUT2D eigenvalue weighted by Crippen LogP contribution is -2.50. The molecular weight excluding hydrogens is 382 g/mol. The number of fused-ring (bicyclic) bond motifs is 3. The third-order valence-electron chi connectivity index (χ3n) is 7.19. The second-order valence-electron chi connectivity index (χ2n) is 9.10. The van der Waals surface area contributed by atoms with Crippen molar-refractivity contribution in [3.63, 3.8) is 0 Å². The van der Waals surface area contributed by atoms with Crippen molar-refractivity contribution in [3.8, 4) is 17.6 Å². The fourth-order valence-corrected chi connectivity index (χ4v) is 5.69. The van der Waals surface area contributed by atoms with Crippen LogP contribution in [0.5, 0.6) is 5.75 Å². The number of benzene rings is 2. The topological polar surface area (TPSA) is 53.4 Å². The number of aromatic hydroxyl groups is 1. The summed E-state index contributed by atoms with van der Waals surface area (Å²) in [6.45, 7) is 0. The molecule has 1 unspecified atom stereocenters. The quantitative estimate of drug-likeness (QED) is 0.598. The number of hydrogen-bond donors (Lipinski definition) is 2. The smallest absolute Gasteiger partial charge is 0.126 e. The third kappa shape index (κ3) is 3.84. The number of rotatable bonds is 2. The second kappa shape index (κ2) is 7.87. The highest BCUT2D eigenvalue weighted by Crippen LogP contribution is 2.54. The molecule has 2 aliphatic rings. The van der Waals surface area contributed by atoms with Crippen molar-refractivity contribution in [1.29, 1.82) is 0 Å². The van der Waals surface area contributed by atoms with E-state index in [0.717, 1.165) is 25.7 Å². The number of aryl methyl sites for hydroxylation is 1. The SMILES string of the molecule is Oc1ccc2c(c1)CC[C@@H]1CC(O)(C#Cc3ccccn3)CC[C@@]21Cc1ccccc1. The lowest BCUT2D eigenvalue weighted by molar-refractivity contribution is -0.00802. The van der Waals surface area contributed by atoms with Gasteiger partial charge >= 0.3 is 0 Å². The number of phenols is 1. The maximum atomic E-state index is 11.4. The summed E-state index contributed by atoms with van der Waals surface area (Å²) in [5, 5.41) is 21.5. The van der Waals surface area contributed by atoms with E-state index in [-0.39, 0.29) is 5.41 Å². The van der Waals surface area contributed by atoms with Crippen molar-refractivity contribution in [1.82, 2.24) is 4.98 Å². The molecule has 0 saturated heterocycles. The van der Waals surface area contributed by atoms with Crippen LogP contribution in [0.25, 0.3) is 0 Å². The van der Waals surface area contributed by atoms with Crippen LogP contribution in [0.2, 0.25) is 0 Å². The molecule has 2 N–H and O–H groups in total. The summed E-state index contributed by atoms with van der Waals surface area (Å²) in [7, 11) is 0. The normalized spacial score (nSPS) is 26.8. The highest BCUT2D eigenvalue weighted by molar-refractivity contribution is 5.45. The van der Waals surface area contributed by atoms with Gasteiger partial charge in [-0.25, -0.2) is 4.98 Å². The maximum Gasteiger partial charge on any atom is 0.126 e. The van der Waals surface area contributed by atoms with Crippen molar-refractivity contribution in [2.75, 3.05) is 0 Å². The van der Waals surface area contributed by atoms with E-state index >= 15 is 0 Å². The summed E-state index contributed by atoms with van der Waals surface area (Å²) in [6.07, 6.45) is 6.77. The van der Waals surface area contributed by atoms with Crippen LogP contribution in [0.15, 0.2) is 72.9 Å². The van der Waals surface area contributed by atoms with Gasteiger partial charge in [0.2, 0.25) is 0 Å². The predicted molar refractivity (Wildman–Crippen MR) is 122 cm³/mol. The summed E-state index contributed by atoms with van der Waals surface area (Å²) in [5.41, 5.74) is 3.57. The molecule has 1 saturated carbocycles. The number of nitrogens with zero attached hydrogens (tertiary/aromatic N) is 1. The standard InChI is InChI=1S/C28H27NO2/c30-25-11-12-26-22(18-25)9-10-23-20-27(31,14-13-24-8-4-5-17-29-24)15-16-28(23,26)19-21-6-2-1-3-7-21/h1-8,11-12,17-18,23,30-31H,9-10,15-16,19-20H2/t23-,27?,28+/m1/s1. The van der Waals surface area contributed by atoms with Gasteiger partial charge in [0, 0.05) is 11.6 Å². The fourth-order valence-electron chi connectivity index (χ4n) is 5.69. The Morgan fingerprint density at radius 2 is 1.84 bits per heavy atom. The van der Waals surface area contributed by atoms with E-state index in [1.54, 1.807) is 6.20 Å². The molecule has 31 heavy (non-hydrogen) atoms. The van der Waals surface area contributed by atoms with Gasteiger partial charge in [0.1, 0.15) is 17.0 Å². The van der Waals surface area contributed by atoms with E-state index in [2.05, 4.69) is 53.2 Å². The van der Waals surface area contributed by atoms with Crippen LogP contribution in [-0.4, -0.2) is 20.8 Å². The third-order valence-corrected chi connectivity index (χ3v) is 7.19. The number of aromatic nitrogens is 1. The number of pyridine rings is 1. The van der Waals surface area contributed by atoms with E-state index in [9.17, 15) is 10.2 Å². The molecule has 0 radical (unpaired) electrons. The average Bonchev–Trinajstić information content (AvgIpc) is 2.79. The van der Waals surface area contributed by atoms with Crippen LogP contribution in [0, 0.1) is 17.8 Å². The highest BCUT2D eigenvalue weighted by atomic mass is 16.3. The molecule has 156 valence electrons. The molecular formula is C28H27NO2. The summed E-state index contributed by atoms with van der Waals surface area (Å²) < 4.78 is 0. The Hall–Kier alpha value is -3.09. The zero-order valence-electron chi connectivity index (χ0n) is 17.6. The van der Waals surface area contributed by atoms with Gasteiger partial charge in [-0.3, -0.25) is 0 Å². The monoisotopic (exact) mass is 409 g/mol. The van der Waals surface area contributed by atoms with Crippen molar-refractivity contribution in [3.05, 3.63) is 95.3 Å². The Balaban J connectivity index is 1.51. The van der Waals surface area contributed by atoms with Gasteiger partial charge < -0.3 is 10.2 Å². The summed E-state index contributed by atoms with van der Waals surface area (Å²) in [6, 6.07) is 22.2. The lowest BCUT2D eigenvalue weighted by atomic mass is 9.52. The Morgan fingerprint density at radius 1 is 1.00 bits per heavy atom. The number of hydrogen-bond acceptors (Lipinski definition) is 3. The molecule has 0 bridgehead atoms. The van der Waals surface area contributed by atoms with Crippen LogP contribution in [0.4, 0.5) is 0 Å². The van der Waals surface area contributed by atoms with Gasteiger partial charge in [-0.15, -0.1) is 0 Å². The van der Waals surface area contributed by atoms with Crippen molar-refractivity contribution >= 4 is 0 Å². The van der Waals surface area contributed by atoms with E-state index in [1.165, 1.54) is 16.7 Å². The van der Waals surface area contributed by atoms with Crippen LogP contribution < -0.4 is 0 Å². The molecule has 3 nitrogen and oxygen atoms in total. The molecule has 0 spiro atoms.